The Bertz CT molecular complexity index is 170. The molecule has 0 aromatic carbocycles. The van der Waals surface area contributed by atoms with Gasteiger partial charge in [-0.1, -0.05) is 38.9 Å². The Labute approximate surface area is 96.1 Å². The fourth-order valence-electron chi connectivity index (χ4n) is 3.30. The first-order valence-corrected chi connectivity index (χ1v) is 6.87. The Morgan fingerprint density at radius 2 is 2.07 bits per heavy atom. The quantitative estimate of drug-likeness (QED) is 0.668. The zero-order chi connectivity index (χ0) is 11.3. The maximum atomic E-state index is 9.79. The molecule has 0 aromatic heterocycles. The zero-order valence-electron chi connectivity index (χ0n) is 10.7. The Balaban J connectivity index is 2.41. The fourth-order valence-corrected chi connectivity index (χ4v) is 3.30. The molecule has 0 aromatic rings. The molecule has 1 nitrogen and oxygen atoms in total. The maximum absolute atomic E-state index is 9.79. The highest BCUT2D eigenvalue weighted by molar-refractivity contribution is 6.08. The molecule has 1 N–H and O–H groups in total. The molecular formula is C13H27BO. The van der Waals surface area contributed by atoms with Crippen LogP contribution in [0.4, 0.5) is 0 Å². The van der Waals surface area contributed by atoms with E-state index in [0.29, 0.717) is 5.92 Å². The number of aliphatic hydroxyl groups is 1. The van der Waals surface area contributed by atoms with Crippen molar-refractivity contribution in [3.05, 3.63) is 0 Å². The lowest BCUT2D eigenvalue weighted by atomic mass is 9.88. The summed E-state index contributed by atoms with van der Waals surface area (Å²) >= 11 is 0. The fraction of sp³-hybridized carbons (Fsp3) is 1.00. The molecular weight excluding hydrogens is 183 g/mol. The van der Waals surface area contributed by atoms with Crippen LogP contribution in [0, 0.1) is 17.8 Å². The normalized spacial score (nSPS) is 33.1. The van der Waals surface area contributed by atoms with Crippen molar-refractivity contribution in [2.75, 3.05) is 0 Å². The van der Waals surface area contributed by atoms with E-state index in [1.807, 2.05) is 6.92 Å². The summed E-state index contributed by atoms with van der Waals surface area (Å²) in [6, 6.07) is 0. The molecule has 0 spiro atoms. The highest BCUT2D eigenvalue weighted by Gasteiger charge is 2.35. The van der Waals surface area contributed by atoms with Gasteiger partial charge in [0.25, 0.3) is 0 Å². The first-order chi connectivity index (χ1) is 7.19. The van der Waals surface area contributed by atoms with Crippen molar-refractivity contribution in [3.8, 4) is 0 Å². The summed E-state index contributed by atoms with van der Waals surface area (Å²) in [7, 11) is 2.27. The lowest BCUT2D eigenvalue weighted by Crippen LogP contribution is -2.20. The summed E-state index contributed by atoms with van der Waals surface area (Å²) in [4.78, 5) is 0. The molecule has 0 heterocycles. The van der Waals surface area contributed by atoms with Crippen molar-refractivity contribution in [3.63, 3.8) is 0 Å². The van der Waals surface area contributed by atoms with Crippen molar-refractivity contribution in [1.82, 2.24) is 0 Å². The number of hydrogen-bond acceptors (Lipinski definition) is 1. The van der Waals surface area contributed by atoms with Crippen molar-refractivity contribution < 1.29 is 5.11 Å². The second-order valence-electron chi connectivity index (χ2n) is 5.43. The van der Waals surface area contributed by atoms with Crippen LogP contribution in [0.25, 0.3) is 0 Å². The minimum atomic E-state index is -0.0897. The van der Waals surface area contributed by atoms with Crippen LogP contribution < -0.4 is 0 Å². The van der Waals surface area contributed by atoms with Gasteiger partial charge >= 0.3 is 0 Å². The van der Waals surface area contributed by atoms with Crippen molar-refractivity contribution in [1.29, 1.82) is 0 Å². The molecule has 1 saturated carbocycles. The Hall–Kier alpha value is 0.0249. The molecule has 0 amide bonds. The first kappa shape index (κ1) is 13.1. The topological polar surface area (TPSA) is 20.2 Å². The van der Waals surface area contributed by atoms with Crippen molar-refractivity contribution >= 4 is 7.85 Å². The van der Waals surface area contributed by atoms with Gasteiger partial charge in [0.05, 0.1) is 6.10 Å². The standard InChI is InChI=1S/C13H27BO/c1-3-5-12-8-11(6-4-7-14)9-13(12)10(2)15/h10-13,15H,3-9,14H2,1-2H3/t10?,11?,12?,13-/m1/s1. The Morgan fingerprint density at radius 3 is 2.60 bits per heavy atom. The second kappa shape index (κ2) is 6.57. The maximum Gasteiger partial charge on any atom is 0.101 e. The highest BCUT2D eigenvalue weighted by atomic mass is 16.3. The molecule has 3 unspecified atom stereocenters. The second-order valence-corrected chi connectivity index (χ2v) is 5.43. The summed E-state index contributed by atoms with van der Waals surface area (Å²) in [6.07, 6.45) is 9.23. The van der Waals surface area contributed by atoms with E-state index in [1.165, 1.54) is 44.8 Å². The van der Waals surface area contributed by atoms with Crippen LogP contribution in [-0.2, 0) is 0 Å². The van der Waals surface area contributed by atoms with E-state index in [1.54, 1.807) is 0 Å². The van der Waals surface area contributed by atoms with Gasteiger partial charge in [0, 0.05) is 0 Å². The van der Waals surface area contributed by atoms with Gasteiger partial charge in [-0.25, -0.2) is 0 Å². The summed E-state index contributed by atoms with van der Waals surface area (Å²) < 4.78 is 0. The molecule has 0 aliphatic heterocycles. The molecule has 88 valence electrons. The van der Waals surface area contributed by atoms with Gasteiger partial charge in [-0.15, -0.1) is 0 Å². The lowest BCUT2D eigenvalue weighted by Gasteiger charge is -2.21. The van der Waals surface area contributed by atoms with E-state index < -0.39 is 0 Å². The van der Waals surface area contributed by atoms with Crippen LogP contribution in [0.2, 0.25) is 6.32 Å². The average molecular weight is 210 g/mol. The number of rotatable bonds is 6. The van der Waals surface area contributed by atoms with E-state index >= 15 is 0 Å². The van der Waals surface area contributed by atoms with E-state index in [0.717, 1.165) is 11.8 Å². The highest BCUT2D eigenvalue weighted by Crippen LogP contribution is 2.42. The van der Waals surface area contributed by atoms with Crippen LogP contribution in [0.3, 0.4) is 0 Å². The molecule has 1 aliphatic rings. The minimum Gasteiger partial charge on any atom is -0.393 e. The molecule has 4 atom stereocenters. The van der Waals surface area contributed by atoms with Gasteiger partial charge in [-0.3, -0.25) is 0 Å². The van der Waals surface area contributed by atoms with Gasteiger partial charge in [-0.2, -0.15) is 0 Å². The number of hydrogen-bond donors (Lipinski definition) is 1. The van der Waals surface area contributed by atoms with Gasteiger partial charge in [0.2, 0.25) is 0 Å². The summed E-state index contributed by atoms with van der Waals surface area (Å²) in [5.41, 5.74) is 0. The summed E-state index contributed by atoms with van der Waals surface area (Å²) in [6.45, 7) is 4.24. The van der Waals surface area contributed by atoms with E-state index in [9.17, 15) is 5.11 Å². The largest absolute Gasteiger partial charge is 0.393 e. The van der Waals surface area contributed by atoms with Gasteiger partial charge in [-0.05, 0) is 37.5 Å². The third kappa shape index (κ3) is 3.83. The van der Waals surface area contributed by atoms with E-state index in [2.05, 4.69) is 14.8 Å². The summed E-state index contributed by atoms with van der Waals surface area (Å²) in [5.74, 6) is 2.30. The van der Waals surface area contributed by atoms with Crippen LogP contribution >= 0.6 is 0 Å². The summed E-state index contributed by atoms with van der Waals surface area (Å²) in [5, 5.41) is 9.79. The molecule has 0 bridgehead atoms. The minimum absolute atomic E-state index is 0.0897. The van der Waals surface area contributed by atoms with Gasteiger partial charge < -0.3 is 5.11 Å². The van der Waals surface area contributed by atoms with Gasteiger partial charge in [0.1, 0.15) is 7.85 Å². The Morgan fingerprint density at radius 1 is 1.33 bits per heavy atom. The van der Waals surface area contributed by atoms with Crippen LogP contribution in [0.1, 0.15) is 52.4 Å². The molecule has 1 aliphatic carbocycles. The molecule has 1 fully saturated rings. The van der Waals surface area contributed by atoms with E-state index in [-0.39, 0.29) is 6.10 Å². The SMILES string of the molecule is BCCCC1CC(CCC)[C@@H](C(C)O)C1. The number of aliphatic hydroxyl groups excluding tert-OH is 1. The predicted octanol–water partition coefficient (Wildman–Crippen LogP) is 2.64. The van der Waals surface area contributed by atoms with E-state index in [4.69, 9.17) is 0 Å². The first-order valence-electron chi connectivity index (χ1n) is 6.87. The average Bonchev–Trinajstić information content (AvgIpc) is 2.59. The third-order valence-corrected chi connectivity index (χ3v) is 4.09. The zero-order valence-corrected chi connectivity index (χ0v) is 10.7. The third-order valence-electron chi connectivity index (χ3n) is 4.09. The molecule has 2 heteroatoms. The van der Waals surface area contributed by atoms with Crippen molar-refractivity contribution in [2.24, 2.45) is 17.8 Å². The van der Waals surface area contributed by atoms with Crippen LogP contribution in [0.15, 0.2) is 0 Å². The smallest absolute Gasteiger partial charge is 0.101 e. The lowest BCUT2D eigenvalue weighted by molar-refractivity contribution is 0.0981. The predicted molar refractivity (Wildman–Crippen MR) is 68.9 cm³/mol. The Kier molecular flexibility index (Phi) is 5.74. The molecule has 1 rings (SSSR count). The molecule has 0 radical (unpaired) electrons. The monoisotopic (exact) mass is 210 g/mol. The van der Waals surface area contributed by atoms with Crippen LogP contribution in [-0.4, -0.2) is 19.1 Å². The van der Waals surface area contributed by atoms with Gasteiger partial charge in [0.15, 0.2) is 0 Å². The van der Waals surface area contributed by atoms with Crippen LogP contribution in [0.5, 0.6) is 0 Å². The molecule has 15 heavy (non-hydrogen) atoms. The molecule has 0 saturated heterocycles. The van der Waals surface area contributed by atoms with Crippen molar-refractivity contribution in [2.45, 2.75) is 64.8 Å².